The highest BCUT2D eigenvalue weighted by atomic mass is 16.6. The lowest BCUT2D eigenvalue weighted by molar-refractivity contribution is -0.191. The highest BCUT2D eigenvalue weighted by Crippen LogP contribution is 2.35. The minimum atomic E-state index is -1.73. The average Bonchev–Trinajstić information content (AvgIpc) is 2.60. The van der Waals surface area contributed by atoms with Gasteiger partial charge in [0.25, 0.3) is 0 Å². The van der Waals surface area contributed by atoms with Gasteiger partial charge in [-0.25, -0.2) is 9.59 Å². The molecule has 2 rings (SSSR count). The quantitative estimate of drug-likeness (QED) is 0.273. The van der Waals surface area contributed by atoms with Crippen LogP contribution in [0.2, 0.25) is 0 Å². The molecule has 0 aliphatic carbocycles. The van der Waals surface area contributed by atoms with Crippen LogP contribution in [0.25, 0.3) is 0 Å². The Balaban J connectivity index is 2.47. The van der Waals surface area contributed by atoms with Crippen molar-refractivity contribution in [1.29, 1.82) is 0 Å². The van der Waals surface area contributed by atoms with Crippen LogP contribution in [0.15, 0.2) is 0 Å². The van der Waals surface area contributed by atoms with Crippen molar-refractivity contribution in [2.24, 2.45) is 0 Å². The summed E-state index contributed by atoms with van der Waals surface area (Å²) in [6.07, 6.45) is 0. The highest BCUT2D eigenvalue weighted by molar-refractivity contribution is 5.95. The normalized spacial score (nSPS) is 35.2. The first-order chi connectivity index (χ1) is 11.2. The summed E-state index contributed by atoms with van der Waals surface area (Å²) in [6, 6.07) is 0. The first-order valence-electron chi connectivity index (χ1n) is 7.53. The summed E-state index contributed by atoms with van der Waals surface area (Å²) in [5, 5.41) is 43.9. The van der Waals surface area contributed by atoms with Gasteiger partial charge < -0.3 is 29.9 Å². The molecule has 0 spiro atoms. The van der Waals surface area contributed by atoms with Gasteiger partial charge >= 0.3 is 11.9 Å². The van der Waals surface area contributed by atoms with Crippen LogP contribution in [0.1, 0.15) is 13.8 Å². The molecule has 0 aromatic heterocycles. The maximum Gasteiger partial charge on any atom is 0.328 e. The van der Waals surface area contributed by atoms with E-state index < -0.39 is 60.5 Å². The third kappa shape index (κ3) is 2.59. The molecular formula is C14H24N2O8. The molecule has 0 bridgehead atoms. The number of morpholine rings is 2. The number of esters is 2. The van der Waals surface area contributed by atoms with Crippen LogP contribution in [-0.2, 0) is 19.1 Å². The number of ether oxygens (including phenoxy) is 2. The fourth-order valence-corrected chi connectivity index (χ4v) is 3.03. The number of cyclic esters (lactones) is 2. The number of hydrogen-bond donors (Lipinski definition) is 6. The van der Waals surface area contributed by atoms with Gasteiger partial charge in [0.15, 0.2) is 0 Å². The number of aliphatic hydroxyl groups is 4. The van der Waals surface area contributed by atoms with Gasteiger partial charge in [0.05, 0.1) is 26.4 Å². The minimum absolute atomic E-state index is 0.273. The molecule has 138 valence electrons. The van der Waals surface area contributed by atoms with E-state index in [1.165, 1.54) is 13.8 Å². The van der Waals surface area contributed by atoms with Gasteiger partial charge in [0.1, 0.15) is 35.4 Å². The van der Waals surface area contributed by atoms with E-state index in [4.69, 9.17) is 9.47 Å². The van der Waals surface area contributed by atoms with Crippen molar-refractivity contribution in [1.82, 2.24) is 10.6 Å². The second-order valence-corrected chi connectivity index (χ2v) is 6.85. The van der Waals surface area contributed by atoms with Gasteiger partial charge in [-0.3, -0.25) is 10.6 Å². The van der Waals surface area contributed by atoms with E-state index >= 15 is 0 Å². The first-order valence-corrected chi connectivity index (χ1v) is 7.53. The van der Waals surface area contributed by atoms with Gasteiger partial charge in [-0.05, 0) is 13.8 Å². The molecule has 2 aliphatic rings. The Kier molecular flexibility index (Phi) is 4.92. The van der Waals surface area contributed by atoms with Crippen LogP contribution in [0.3, 0.4) is 0 Å². The van der Waals surface area contributed by atoms with E-state index in [-0.39, 0.29) is 13.2 Å². The highest BCUT2D eigenvalue weighted by Gasteiger charge is 2.65. The molecule has 0 radical (unpaired) electrons. The molecule has 0 saturated carbocycles. The molecule has 0 amide bonds. The fourth-order valence-electron chi connectivity index (χ4n) is 3.03. The van der Waals surface area contributed by atoms with Crippen molar-refractivity contribution in [3.05, 3.63) is 0 Å². The summed E-state index contributed by atoms with van der Waals surface area (Å²) in [7, 11) is 0. The van der Waals surface area contributed by atoms with Gasteiger partial charge in [-0.2, -0.15) is 0 Å². The SMILES string of the molecule is CC1(C2(C)NC(CO)(CO)COC2=O)NC(CO)(CO)COC1=O. The predicted molar refractivity (Wildman–Crippen MR) is 78.8 cm³/mol. The maximum absolute atomic E-state index is 12.5. The van der Waals surface area contributed by atoms with Gasteiger partial charge in [0, 0.05) is 0 Å². The fraction of sp³-hybridized carbons (Fsp3) is 0.857. The Morgan fingerprint density at radius 2 is 1.08 bits per heavy atom. The van der Waals surface area contributed by atoms with E-state index in [1.54, 1.807) is 0 Å². The predicted octanol–water partition coefficient (Wildman–Crippen LogP) is -3.76. The lowest BCUT2D eigenvalue weighted by atomic mass is 9.73. The van der Waals surface area contributed by atoms with E-state index in [9.17, 15) is 30.0 Å². The molecule has 6 N–H and O–H groups in total. The van der Waals surface area contributed by atoms with Crippen molar-refractivity contribution in [2.75, 3.05) is 39.6 Å². The number of aliphatic hydroxyl groups excluding tert-OH is 4. The van der Waals surface area contributed by atoms with E-state index in [0.717, 1.165) is 0 Å². The molecule has 2 atom stereocenters. The molecule has 0 aromatic carbocycles. The Bertz CT molecular complexity index is 473. The van der Waals surface area contributed by atoms with Crippen molar-refractivity contribution < 1.29 is 39.5 Å². The van der Waals surface area contributed by atoms with Crippen LogP contribution < -0.4 is 10.6 Å². The van der Waals surface area contributed by atoms with Crippen molar-refractivity contribution in [2.45, 2.75) is 36.0 Å². The van der Waals surface area contributed by atoms with E-state index in [2.05, 4.69) is 10.6 Å². The van der Waals surface area contributed by atoms with Crippen LogP contribution in [-0.4, -0.2) is 94.2 Å². The Morgan fingerprint density at radius 1 is 0.792 bits per heavy atom. The number of rotatable bonds is 5. The van der Waals surface area contributed by atoms with Crippen molar-refractivity contribution in [3.63, 3.8) is 0 Å². The zero-order valence-corrected chi connectivity index (χ0v) is 13.7. The summed E-state index contributed by atoms with van der Waals surface area (Å²) >= 11 is 0. The number of carbonyl (C=O) groups excluding carboxylic acids is 2. The Hall–Kier alpha value is -1.30. The van der Waals surface area contributed by atoms with Crippen molar-refractivity contribution >= 4 is 11.9 Å². The summed E-state index contributed by atoms with van der Waals surface area (Å²) < 4.78 is 10.2. The molecule has 0 aromatic rings. The lowest BCUT2D eigenvalue weighted by Crippen LogP contribution is -2.86. The zero-order valence-electron chi connectivity index (χ0n) is 13.7. The lowest BCUT2D eigenvalue weighted by Gasteiger charge is -2.55. The topological polar surface area (TPSA) is 158 Å². The van der Waals surface area contributed by atoms with Gasteiger partial charge in [-0.15, -0.1) is 0 Å². The van der Waals surface area contributed by atoms with E-state index in [1.807, 2.05) is 0 Å². The zero-order chi connectivity index (χ0) is 18.2. The largest absolute Gasteiger partial charge is 0.462 e. The molecule has 10 nitrogen and oxygen atoms in total. The van der Waals surface area contributed by atoms with Crippen LogP contribution in [0, 0.1) is 0 Å². The molecule has 2 aliphatic heterocycles. The molecular weight excluding hydrogens is 324 g/mol. The van der Waals surface area contributed by atoms with Crippen LogP contribution >= 0.6 is 0 Å². The third-order valence-corrected chi connectivity index (χ3v) is 5.02. The maximum atomic E-state index is 12.5. The Morgan fingerprint density at radius 3 is 1.33 bits per heavy atom. The summed E-state index contributed by atoms with van der Waals surface area (Å²) in [4.78, 5) is 24.9. The number of carbonyl (C=O) groups is 2. The minimum Gasteiger partial charge on any atom is -0.462 e. The monoisotopic (exact) mass is 348 g/mol. The van der Waals surface area contributed by atoms with Crippen LogP contribution in [0.4, 0.5) is 0 Å². The number of hydrogen-bond acceptors (Lipinski definition) is 10. The third-order valence-electron chi connectivity index (χ3n) is 5.02. The van der Waals surface area contributed by atoms with E-state index in [0.29, 0.717) is 0 Å². The average molecular weight is 348 g/mol. The molecule has 10 heteroatoms. The first kappa shape index (κ1) is 19.0. The standard InChI is InChI=1S/C14H24N2O8/c1-11(9(21)23-7-13(3-17,4-18)15-11)12(2)10(22)24-8-14(5-19,6-20)16-12/h15-20H,3-8H2,1-2H3. The molecule has 2 unspecified atom stereocenters. The Labute approximate surface area is 138 Å². The summed E-state index contributed by atoms with van der Waals surface area (Å²) in [5.74, 6) is -1.59. The molecule has 24 heavy (non-hydrogen) atoms. The second-order valence-electron chi connectivity index (χ2n) is 6.85. The smallest absolute Gasteiger partial charge is 0.328 e. The molecule has 2 heterocycles. The summed E-state index contributed by atoms with van der Waals surface area (Å²) in [6.45, 7) is 0.0350. The van der Waals surface area contributed by atoms with Crippen molar-refractivity contribution in [3.8, 4) is 0 Å². The van der Waals surface area contributed by atoms with Gasteiger partial charge in [-0.1, -0.05) is 0 Å². The number of nitrogens with one attached hydrogen (secondary N) is 2. The second kappa shape index (κ2) is 6.21. The summed E-state index contributed by atoms with van der Waals surface area (Å²) in [5.41, 5.74) is -6.15. The van der Waals surface area contributed by atoms with Crippen LogP contribution in [0.5, 0.6) is 0 Å². The molecule has 2 saturated heterocycles. The molecule has 2 fully saturated rings. The van der Waals surface area contributed by atoms with Gasteiger partial charge in [0.2, 0.25) is 0 Å².